The minimum absolute atomic E-state index is 0.0201. The Morgan fingerprint density at radius 2 is 1.74 bits per heavy atom. The van der Waals surface area contributed by atoms with Gasteiger partial charge in [-0.05, 0) is 37.7 Å². The van der Waals surface area contributed by atoms with Gasteiger partial charge in [-0.15, -0.1) is 11.3 Å². The van der Waals surface area contributed by atoms with Gasteiger partial charge in [-0.25, -0.2) is 9.78 Å². The smallest absolute Gasteiger partial charge is 0.337 e. The van der Waals surface area contributed by atoms with Crippen molar-refractivity contribution < 1.29 is 24.2 Å². The van der Waals surface area contributed by atoms with Crippen molar-refractivity contribution in [3.8, 4) is 10.6 Å². The molecule has 1 unspecified atom stereocenters. The highest BCUT2D eigenvalue weighted by atomic mass is 32.1. The predicted molar refractivity (Wildman–Crippen MR) is 146 cm³/mol. The van der Waals surface area contributed by atoms with E-state index in [4.69, 9.17) is 4.74 Å². The lowest BCUT2D eigenvalue weighted by Crippen LogP contribution is -2.38. The van der Waals surface area contributed by atoms with Crippen LogP contribution in [0.2, 0.25) is 0 Å². The van der Waals surface area contributed by atoms with E-state index in [9.17, 15) is 19.5 Å². The van der Waals surface area contributed by atoms with E-state index in [0.717, 1.165) is 18.7 Å². The first-order chi connectivity index (χ1) is 18.3. The normalized spacial score (nSPS) is 15.4. The lowest BCUT2D eigenvalue weighted by Gasteiger charge is -2.29. The van der Waals surface area contributed by atoms with Crippen LogP contribution in [0.3, 0.4) is 0 Å². The molecule has 4 rings (SSSR count). The Morgan fingerprint density at radius 1 is 1.08 bits per heavy atom. The van der Waals surface area contributed by atoms with Crippen LogP contribution in [0.4, 0.5) is 0 Å². The van der Waals surface area contributed by atoms with Gasteiger partial charge in [0.15, 0.2) is 5.76 Å². The number of aliphatic hydroxyl groups is 1. The van der Waals surface area contributed by atoms with Gasteiger partial charge >= 0.3 is 5.97 Å². The highest BCUT2D eigenvalue weighted by Gasteiger charge is 2.44. The lowest BCUT2D eigenvalue weighted by molar-refractivity contribution is -0.129. The zero-order valence-electron chi connectivity index (χ0n) is 21.9. The second-order valence-corrected chi connectivity index (χ2v) is 9.93. The maximum Gasteiger partial charge on any atom is 0.337 e. The third-order valence-electron chi connectivity index (χ3n) is 6.77. The number of ether oxygens (including phenoxy) is 1. The van der Waals surface area contributed by atoms with Crippen molar-refractivity contribution in [1.29, 1.82) is 0 Å². The van der Waals surface area contributed by atoms with Crippen molar-refractivity contribution >= 4 is 29.0 Å². The Kier molecular flexibility index (Phi) is 8.38. The molecule has 2 heterocycles. The fourth-order valence-electron chi connectivity index (χ4n) is 4.60. The van der Waals surface area contributed by atoms with Crippen molar-refractivity contribution in [2.45, 2.75) is 26.8 Å². The quantitative estimate of drug-likeness (QED) is 0.294. The molecule has 2 aromatic carbocycles. The third kappa shape index (κ3) is 5.25. The van der Waals surface area contributed by atoms with Crippen LogP contribution in [-0.2, 0) is 9.53 Å². The Bertz CT molecular complexity index is 1360. The number of carbonyl (C=O) groups excluding carboxylic acids is 3. The van der Waals surface area contributed by atoms with Crippen LogP contribution < -0.4 is 0 Å². The Balaban J connectivity index is 1.75. The number of benzene rings is 2. The van der Waals surface area contributed by atoms with Crippen molar-refractivity contribution in [3.63, 3.8) is 0 Å². The van der Waals surface area contributed by atoms with E-state index >= 15 is 0 Å². The van der Waals surface area contributed by atoms with Crippen LogP contribution in [0.15, 0.2) is 65.9 Å². The van der Waals surface area contributed by atoms with E-state index in [0.29, 0.717) is 39.8 Å². The summed E-state index contributed by atoms with van der Waals surface area (Å²) in [5.74, 6) is -2.06. The SMILES string of the molecule is CCN(CC)CCN1C(=O)C(O)=C(C(=O)c2sc(-c3ccccc3)nc2C)C1c1ccc(C(=O)OC)cc1. The first-order valence-electron chi connectivity index (χ1n) is 12.5. The summed E-state index contributed by atoms with van der Waals surface area (Å²) in [6.07, 6.45) is 0. The number of methoxy groups -OCH3 is 1. The topological polar surface area (TPSA) is 100 Å². The minimum Gasteiger partial charge on any atom is -0.503 e. The molecule has 0 spiro atoms. The molecular weight excluding hydrogens is 502 g/mol. The Morgan fingerprint density at radius 3 is 2.34 bits per heavy atom. The summed E-state index contributed by atoms with van der Waals surface area (Å²) in [6, 6.07) is 15.3. The molecule has 0 aliphatic carbocycles. The molecule has 0 bridgehead atoms. The van der Waals surface area contributed by atoms with E-state index in [2.05, 4.69) is 9.88 Å². The summed E-state index contributed by atoms with van der Waals surface area (Å²) in [6.45, 7) is 8.36. The molecule has 9 heteroatoms. The number of hydrogen-bond acceptors (Lipinski definition) is 8. The molecule has 8 nitrogen and oxygen atoms in total. The number of ketones is 1. The maximum atomic E-state index is 14.0. The van der Waals surface area contributed by atoms with Crippen LogP contribution in [-0.4, -0.2) is 70.8 Å². The number of hydrogen-bond donors (Lipinski definition) is 1. The molecule has 0 fully saturated rings. The number of carbonyl (C=O) groups is 3. The highest BCUT2D eigenvalue weighted by molar-refractivity contribution is 7.17. The molecule has 1 aliphatic rings. The van der Waals surface area contributed by atoms with Gasteiger partial charge < -0.3 is 19.6 Å². The minimum atomic E-state index is -0.807. The molecular formula is C29H31N3O5S. The lowest BCUT2D eigenvalue weighted by atomic mass is 9.94. The van der Waals surface area contributed by atoms with Crippen LogP contribution in [0.5, 0.6) is 0 Å². The molecule has 0 saturated heterocycles. The number of thiazole rings is 1. The molecule has 1 aliphatic heterocycles. The summed E-state index contributed by atoms with van der Waals surface area (Å²) in [5, 5.41) is 11.7. The monoisotopic (exact) mass is 533 g/mol. The zero-order chi connectivity index (χ0) is 27.4. The van der Waals surface area contributed by atoms with Crippen LogP contribution in [0.1, 0.15) is 51.2 Å². The average molecular weight is 534 g/mol. The number of esters is 1. The number of aryl methyl sites for hydroxylation is 1. The summed E-state index contributed by atoms with van der Waals surface area (Å²) in [7, 11) is 1.31. The van der Waals surface area contributed by atoms with Crippen molar-refractivity contribution in [3.05, 3.63) is 87.6 Å². The molecule has 1 N–H and O–H groups in total. The molecule has 0 saturated carbocycles. The fraction of sp³-hybridized carbons (Fsp3) is 0.310. The van der Waals surface area contributed by atoms with Crippen LogP contribution >= 0.6 is 11.3 Å². The molecule has 198 valence electrons. The summed E-state index contributed by atoms with van der Waals surface area (Å²) >= 11 is 1.24. The second kappa shape index (κ2) is 11.7. The van der Waals surface area contributed by atoms with Gasteiger partial charge in [0.05, 0.1) is 34.9 Å². The fourth-order valence-corrected chi connectivity index (χ4v) is 5.63. The van der Waals surface area contributed by atoms with Gasteiger partial charge in [0, 0.05) is 18.7 Å². The number of Topliss-reactive ketones (excluding diaryl/α,β-unsaturated/α-hetero) is 1. The number of rotatable bonds is 10. The Labute approximate surface area is 226 Å². The van der Waals surface area contributed by atoms with Gasteiger partial charge in [-0.2, -0.15) is 0 Å². The van der Waals surface area contributed by atoms with Crippen molar-refractivity contribution in [2.24, 2.45) is 0 Å². The molecule has 1 atom stereocenters. The first kappa shape index (κ1) is 27.2. The Hall–Kier alpha value is -3.82. The van der Waals surface area contributed by atoms with E-state index in [1.165, 1.54) is 23.3 Å². The molecule has 38 heavy (non-hydrogen) atoms. The van der Waals surface area contributed by atoms with Gasteiger partial charge in [0.2, 0.25) is 5.78 Å². The number of amides is 1. The van der Waals surface area contributed by atoms with Gasteiger partial charge in [-0.3, -0.25) is 9.59 Å². The maximum absolute atomic E-state index is 14.0. The van der Waals surface area contributed by atoms with Gasteiger partial charge in [-0.1, -0.05) is 56.3 Å². The van der Waals surface area contributed by atoms with Crippen molar-refractivity contribution in [2.75, 3.05) is 33.3 Å². The predicted octanol–water partition coefficient (Wildman–Crippen LogP) is 4.83. The number of nitrogens with zero attached hydrogens (tertiary/aromatic N) is 3. The second-order valence-electron chi connectivity index (χ2n) is 8.93. The third-order valence-corrected chi connectivity index (χ3v) is 7.98. The molecule has 0 radical (unpaired) electrons. The summed E-state index contributed by atoms with van der Waals surface area (Å²) in [4.78, 5) is 47.9. The van der Waals surface area contributed by atoms with Gasteiger partial charge in [0.1, 0.15) is 5.01 Å². The van der Waals surface area contributed by atoms with Crippen LogP contribution in [0, 0.1) is 6.92 Å². The summed E-state index contributed by atoms with van der Waals surface area (Å²) in [5.41, 5.74) is 2.40. The van der Waals surface area contributed by atoms with E-state index < -0.39 is 29.5 Å². The zero-order valence-corrected chi connectivity index (χ0v) is 22.7. The first-order valence-corrected chi connectivity index (χ1v) is 13.3. The van der Waals surface area contributed by atoms with E-state index in [-0.39, 0.29) is 5.57 Å². The largest absolute Gasteiger partial charge is 0.503 e. The summed E-state index contributed by atoms with van der Waals surface area (Å²) < 4.78 is 4.80. The molecule has 1 amide bonds. The van der Waals surface area contributed by atoms with Crippen LogP contribution in [0.25, 0.3) is 10.6 Å². The number of aliphatic hydroxyl groups excluding tert-OH is 1. The highest BCUT2D eigenvalue weighted by Crippen LogP contribution is 2.41. The standard InChI is InChI=1S/C29H31N3O5S/c1-5-31(6-2)16-17-32-23(19-12-14-21(15-13-19)29(36)37-4)22(25(34)28(32)35)24(33)26-18(3)30-27(38-26)20-10-8-7-9-11-20/h7-15,23,34H,5-6,16-17H2,1-4H3. The van der Waals surface area contributed by atoms with E-state index in [1.54, 1.807) is 31.2 Å². The van der Waals surface area contributed by atoms with Crippen molar-refractivity contribution in [1.82, 2.24) is 14.8 Å². The number of aromatic nitrogens is 1. The average Bonchev–Trinajstić information content (AvgIpc) is 3.46. The van der Waals surface area contributed by atoms with E-state index in [1.807, 2.05) is 44.2 Å². The molecule has 1 aromatic heterocycles. The molecule has 3 aromatic rings. The van der Waals surface area contributed by atoms with Gasteiger partial charge in [0.25, 0.3) is 5.91 Å². The number of likely N-dealkylation sites (N-methyl/N-ethyl adjacent to an activating group) is 1.